The average molecular weight is 246 g/mol. The number of carbonyl (C=O) groups excluding carboxylic acids is 1. The van der Waals surface area contributed by atoms with Crippen molar-refractivity contribution in [1.82, 2.24) is 4.90 Å². The fourth-order valence-corrected chi connectivity index (χ4v) is 3.13. The van der Waals surface area contributed by atoms with Crippen LogP contribution in [0.25, 0.3) is 0 Å². The van der Waals surface area contributed by atoms with Crippen LogP contribution in [-0.4, -0.2) is 36.1 Å². The number of nitrogens with one attached hydrogen (secondary N) is 1. The Morgan fingerprint density at radius 3 is 3.06 bits per heavy atom. The van der Waals surface area contributed by atoms with Gasteiger partial charge in [-0.3, -0.25) is 4.79 Å². The van der Waals surface area contributed by atoms with E-state index in [-0.39, 0.29) is 11.7 Å². The van der Waals surface area contributed by atoms with Gasteiger partial charge in [-0.05, 0) is 49.5 Å². The number of phenolic OH excluding ortho intramolecular Hbond substituents is 1. The number of likely N-dealkylation sites (N-methyl/N-ethyl adjacent to an activating group) is 1. The predicted octanol–water partition coefficient (Wildman–Crippen LogP) is 1.70. The minimum atomic E-state index is -0.0167. The molecular formula is C14H18N2O2. The summed E-state index contributed by atoms with van der Waals surface area (Å²) in [5.41, 5.74) is 2.86. The van der Waals surface area contributed by atoms with E-state index in [0.717, 1.165) is 25.1 Å². The Morgan fingerprint density at radius 1 is 1.44 bits per heavy atom. The number of likely N-dealkylation sites (tertiary alicyclic amines) is 1. The van der Waals surface area contributed by atoms with E-state index in [4.69, 9.17) is 0 Å². The second-order valence-electron chi connectivity index (χ2n) is 5.35. The third kappa shape index (κ3) is 1.86. The number of hydrogen-bond donors (Lipinski definition) is 2. The van der Waals surface area contributed by atoms with Crippen molar-refractivity contribution in [2.24, 2.45) is 0 Å². The number of amides is 1. The molecule has 1 atom stereocenters. The van der Waals surface area contributed by atoms with Gasteiger partial charge in [-0.1, -0.05) is 6.07 Å². The van der Waals surface area contributed by atoms with Gasteiger partial charge in [0.2, 0.25) is 5.91 Å². The van der Waals surface area contributed by atoms with Crippen LogP contribution in [0.5, 0.6) is 5.75 Å². The lowest BCUT2D eigenvalue weighted by molar-refractivity contribution is -0.115. The van der Waals surface area contributed by atoms with Crippen molar-refractivity contribution in [1.29, 1.82) is 0 Å². The molecule has 4 heteroatoms. The lowest BCUT2D eigenvalue weighted by Crippen LogP contribution is -2.31. The molecule has 2 aliphatic heterocycles. The lowest BCUT2D eigenvalue weighted by atomic mass is 9.86. The Bertz CT molecular complexity index is 499. The van der Waals surface area contributed by atoms with Crippen molar-refractivity contribution in [2.45, 2.75) is 25.2 Å². The molecule has 18 heavy (non-hydrogen) atoms. The normalized spacial score (nSPS) is 23.8. The molecule has 1 unspecified atom stereocenters. The van der Waals surface area contributed by atoms with Crippen LogP contribution in [0.2, 0.25) is 0 Å². The first kappa shape index (κ1) is 11.5. The predicted molar refractivity (Wildman–Crippen MR) is 69.9 cm³/mol. The van der Waals surface area contributed by atoms with Crippen molar-refractivity contribution >= 4 is 11.6 Å². The standard InChI is InChI=1S/C14H18N2O2/c1-16-6-2-3-9(8-16)10-4-5-12(17)14-11(10)7-13(18)15-14/h4-5,9,17H,2-3,6-8H2,1H3,(H,15,18). The van der Waals surface area contributed by atoms with Gasteiger partial charge in [0.05, 0.1) is 12.1 Å². The lowest BCUT2D eigenvalue weighted by Gasteiger charge is -2.31. The number of hydrogen-bond acceptors (Lipinski definition) is 3. The zero-order valence-corrected chi connectivity index (χ0v) is 10.6. The van der Waals surface area contributed by atoms with Crippen LogP contribution >= 0.6 is 0 Å². The molecular weight excluding hydrogens is 228 g/mol. The van der Waals surface area contributed by atoms with Gasteiger partial charge in [0.25, 0.3) is 0 Å². The maximum Gasteiger partial charge on any atom is 0.228 e. The second-order valence-corrected chi connectivity index (χ2v) is 5.35. The number of phenols is 1. The van der Waals surface area contributed by atoms with E-state index in [9.17, 15) is 9.90 Å². The zero-order valence-electron chi connectivity index (χ0n) is 10.6. The maximum atomic E-state index is 11.5. The number of anilines is 1. The van der Waals surface area contributed by atoms with Gasteiger partial charge < -0.3 is 15.3 Å². The number of rotatable bonds is 1. The van der Waals surface area contributed by atoms with Crippen molar-refractivity contribution in [3.05, 3.63) is 23.3 Å². The first-order chi connectivity index (χ1) is 8.65. The first-order valence-electron chi connectivity index (χ1n) is 6.48. The number of piperidine rings is 1. The summed E-state index contributed by atoms with van der Waals surface area (Å²) in [4.78, 5) is 13.8. The van der Waals surface area contributed by atoms with Gasteiger partial charge in [-0.2, -0.15) is 0 Å². The molecule has 2 aliphatic rings. The van der Waals surface area contributed by atoms with E-state index in [0.29, 0.717) is 18.0 Å². The van der Waals surface area contributed by atoms with Crippen molar-refractivity contribution in [2.75, 3.05) is 25.5 Å². The SMILES string of the molecule is CN1CCCC(c2ccc(O)c3c2CC(=O)N3)C1. The largest absolute Gasteiger partial charge is 0.506 e. The summed E-state index contributed by atoms with van der Waals surface area (Å²) in [5, 5.41) is 12.6. The van der Waals surface area contributed by atoms with Gasteiger partial charge in [-0.25, -0.2) is 0 Å². The summed E-state index contributed by atoms with van der Waals surface area (Å²) in [6, 6.07) is 3.69. The summed E-state index contributed by atoms with van der Waals surface area (Å²) in [5.74, 6) is 0.645. The quantitative estimate of drug-likeness (QED) is 0.741. The van der Waals surface area contributed by atoms with Crippen LogP contribution < -0.4 is 5.32 Å². The molecule has 1 fully saturated rings. The van der Waals surface area contributed by atoms with Crippen molar-refractivity contribution < 1.29 is 9.90 Å². The van der Waals surface area contributed by atoms with Crippen molar-refractivity contribution in [3.8, 4) is 5.75 Å². The monoisotopic (exact) mass is 246 g/mol. The fourth-order valence-electron chi connectivity index (χ4n) is 3.13. The molecule has 0 radical (unpaired) electrons. The molecule has 0 aromatic heterocycles. The van der Waals surface area contributed by atoms with Gasteiger partial charge in [0.15, 0.2) is 0 Å². The van der Waals surface area contributed by atoms with Crippen LogP contribution in [0.4, 0.5) is 5.69 Å². The number of benzene rings is 1. The molecule has 96 valence electrons. The molecule has 0 aliphatic carbocycles. The van der Waals surface area contributed by atoms with E-state index in [1.54, 1.807) is 6.07 Å². The second kappa shape index (κ2) is 4.28. The highest BCUT2D eigenvalue weighted by molar-refractivity contribution is 6.01. The number of carbonyl (C=O) groups is 1. The fraction of sp³-hybridized carbons (Fsp3) is 0.500. The highest BCUT2D eigenvalue weighted by atomic mass is 16.3. The molecule has 0 bridgehead atoms. The zero-order chi connectivity index (χ0) is 12.7. The number of aromatic hydroxyl groups is 1. The molecule has 2 N–H and O–H groups in total. The Morgan fingerprint density at radius 2 is 2.28 bits per heavy atom. The van der Waals surface area contributed by atoms with Gasteiger partial charge >= 0.3 is 0 Å². The Hall–Kier alpha value is -1.55. The van der Waals surface area contributed by atoms with E-state index in [2.05, 4.69) is 17.3 Å². The summed E-state index contributed by atoms with van der Waals surface area (Å²) in [6.45, 7) is 2.18. The van der Waals surface area contributed by atoms with Crippen LogP contribution in [-0.2, 0) is 11.2 Å². The number of fused-ring (bicyclic) bond motifs is 1. The topological polar surface area (TPSA) is 52.6 Å². The highest BCUT2D eigenvalue weighted by Gasteiger charge is 2.28. The molecule has 0 saturated carbocycles. The highest BCUT2D eigenvalue weighted by Crippen LogP contribution is 2.39. The molecule has 2 heterocycles. The smallest absolute Gasteiger partial charge is 0.228 e. The van der Waals surface area contributed by atoms with Crippen molar-refractivity contribution in [3.63, 3.8) is 0 Å². The molecule has 1 saturated heterocycles. The van der Waals surface area contributed by atoms with E-state index in [1.807, 2.05) is 6.07 Å². The van der Waals surface area contributed by atoms with E-state index < -0.39 is 0 Å². The van der Waals surface area contributed by atoms with Crippen LogP contribution in [0, 0.1) is 0 Å². The van der Waals surface area contributed by atoms with E-state index in [1.165, 1.54) is 12.0 Å². The Kier molecular flexibility index (Phi) is 2.74. The van der Waals surface area contributed by atoms with E-state index >= 15 is 0 Å². The molecule has 0 spiro atoms. The first-order valence-corrected chi connectivity index (χ1v) is 6.48. The summed E-state index contributed by atoms with van der Waals surface area (Å²) >= 11 is 0. The maximum absolute atomic E-state index is 11.5. The Labute approximate surface area is 107 Å². The minimum absolute atomic E-state index is 0.0167. The summed E-state index contributed by atoms with van der Waals surface area (Å²) in [6.07, 6.45) is 2.76. The number of nitrogens with zero attached hydrogens (tertiary/aromatic N) is 1. The minimum Gasteiger partial charge on any atom is -0.506 e. The van der Waals surface area contributed by atoms with Gasteiger partial charge in [0.1, 0.15) is 5.75 Å². The van der Waals surface area contributed by atoms with Gasteiger partial charge in [0, 0.05) is 6.54 Å². The summed E-state index contributed by atoms with van der Waals surface area (Å²) in [7, 11) is 2.14. The molecule has 1 aromatic rings. The van der Waals surface area contributed by atoms with Gasteiger partial charge in [-0.15, -0.1) is 0 Å². The molecule has 4 nitrogen and oxygen atoms in total. The molecule has 3 rings (SSSR count). The third-order valence-corrected chi connectivity index (χ3v) is 3.99. The average Bonchev–Trinajstić information content (AvgIpc) is 2.72. The Balaban J connectivity index is 1.98. The van der Waals surface area contributed by atoms with Crippen LogP contribution in [0.1, 0.15) is 29.9 Å². The third-order valence-electron chi connectivity index (χ3n) is 3.99. The molecule has 1 amide bonds. The molecule has 1 aromatic carbocycles. The van der Waals surface area contributed by atoms with Crippen LogP contribution in [0.3, 0.4) is 0 Å². The van der Waals surface area contributed by atoms with Crippen LogP contribution in [0.15, 0.2) is 12.1 Å². The summed E-state index contributed by atoms with van der Waals surface area (Å²) < 4.78 is 0.